The van der Waals surface area contributed by atoms with Gasteiger partial charge in [-0.2, -0.15) is 0 Å². The second-order valence-corrected chi connectivity index (χ2v) is 5.14. The van der Waals surface area contributed by atoms with Crippen LogP contribution in [-0.2, 0) is 4.79 Å². The van der Waals surface area contributed by atoms with Gasteiger partial charge in [-0.25, -0.2) is 0 Å². The summed E-state index contributed by atoms with van der Waals surface area (Å²) in [5.41, 5.74) is 0.844. The molecule has 0 bridgehead atoms. The Hall–Kier alpha value is -3.22. The number of non-ortho nitro benzene ring substituents is 1. The minimum absolute atomic E-state index is 0.105. The van der Waals surface area contributed by atoms with Crippen LogP contribution in [0.3, 0.4) is 0 Å². The number of rotatable bonds is 6. The van der Waals surface area contributed by atoms with Crippen molar-refractivity contribution in [2.45, 2.75) is 20.0 Å². The molecule has 0 aliphatic heterocycles. The molecule has 2 rings (SSSR count). The van der Waals surface area contributed by atoms with E-state index in [4.69, 9.17) is 4.74 Å². The third-order valence-corrected chi connectivity index (χ3v) is 3.25. The number of nitrogens with one attached hydrogen (secondary N) is 1. The van der Waals surface area contributed by atoms with Crippen LogP contribution in [0.4, 0.5) is 11.4 Å². The molecule has 0 aliphatic rings. The van der Waals surface area contributed by atoms with Crippen molar-refractivity contribution in [1.29, 1.82) is 0 Å². The maximum Gasteiger partial charge on any atom is 0.273 e. The van der Waals surface area contributed by atoms with Crippen LogP contribution >= 0.6 is 0 Å². The number of hydrogen-bond donors (Lipinski definition) is 1. The van der Waals surface area contributed by atoms with Crippen LogP contribution in [0.1, 0.15) is 24.2 Å². The van der Waals surface area contributed by atoms with Crippen molar-refractivity contribution < 1.29 is 19.2 Å². The van der Waals surface area contributed by atoms with E-state index in [1.807, 2.05) is 0 Å². The van der Waals surface area contributed by atoms with Gasteiger partial charge in [-0.1, -0.05) is 18.2 Å². The van der Waals surface area contributed by atoms with Crippen molar-refractivity contribution in [2.24, 2.45) is 0 Å². The molecule has 1 atom stereocenters. The van der Waals surface area contributed by atoms with Crippen LogP contribution in [0.5, 0.6) is 5.75 Å². The highest BCUT2D eigenvalue weighted by Crippen LogP contribution is 2.20. The zero-order chi connectivity index (χ0) is 17.7. The molecule has 0 fully saturated rings. The third kappa shape index (κ3) is 4.39. The quantitative estimate of drug-likeness (QED) is 0.499. The highest BCUT2D eigenvalue weighted by atomic mass is 16.6. The monoisotopic (exact) mass is 328 g/mol. The number of nitro benzene ring substituents is 1. The number of nitro groups is 1. The second-order valence-electron chi connectivity index (χ2n) is 5.14. The summed E-state index contributed by atoms with van der Waals surface area (Å²) in [6.45, 7) is 2.97. The maximum atomic E-state index is 12.2. The van der Waals surface area contributed by atoms with Crippen molar-refractivity contribution in [1.82, 2.24) is 0 Å². The molecule has 0 radical (unpaired) electrons. The van der Waals surface area contributed by atoms with Crippen LogP contribution in [0.25, 0.3) is 0 Å². The van der Waals surface area contributed by atoms with E-state index in [1.165, 1.54) is 38.1 Å². The van der Waals surface area contributed by atoms with E-state index in [2.05, 4.69) is 5.32 Å². The summed E-state index contributed by atoms with van der Waals surface area (Å²) in [4.78, 5) is 33.7. The molecule has 0 aliphatic carbocycles. The Balaban J connectivity index is 2.04. The Labute approximate surface area is 138 Å². The van der Waals surface area contributed by atoms with Crippen LogP contribution < -0.4 is 10.1 Å². The molecule has 1 amide bonds. The minimum Gasteiger partial charge on any atom is -0.481 e. The molecule has 7 heteroatoms. The van der Waals surface area contributed by atoms with Gasteiger partial charge in [-0.05, 0) is 32.0 Å². The summed E-state index contributed by atoms with van der Waals surface area (Å²) in [6, 6.07) is 12.1. The fraction of sp³-hybridized carbons (Fsp3) is 0.176. The third-order valence-electron chi connectivity index (χ3n) is 3.25. The number of amides is 1. The van der Waals surface area contributed by atoms with Crippen LogP contribution in [0, 0.1) is 10.1 Å². The van der Waals surface area contributed by atoms with Gasteiger partial charge in [0.15, 0.2) is 11.9 Å². The van der Waals surface area contributed by atoms with Gasteiger partial charge in [0.25, 0.3) is 11.6 Å². The average Bonchev–Trinajstić information content (AvgIpc) is 2.55. The number of carbonyl (C=O) groups is 2. The average molecular weight is 328 g/mol. The van der Waals surface area contributed by atoms with E-state index in [9.17, 15) is 19.7 Å². The number of carbonyl (C=O) groups excluding carboxylic acids is 2. The van der Waals surface area contributed by atoms with Gasteiger partial charge < -0.3 is 10.1 Å². The summed E-state index contributed by atoms with van der Waals surface area (Å²) in [5, 5.41) is 13.4. The number of nitrogens with zero attached hydrogens (tertiary/aromatic N) is 1. The van der Waals surface area contributed by atoms with Crippen LogP contribution in [-0.4, -0.2) is 22.7 Å². The molecule has 124 valence electrons. The molecular weight excluding hydrogens is 312 g/mol. The van der Waals surface area contributed by atoms with Gasteiger partial charge in [0.05, 0.1) is 11.0 Å². The first kappa shape index (κ1) is 17.1. The SMILES string of the molecule is CC(=O)c1cccc(NC(=O)C(C)Oc2cccc([N+](=O)[O-])c2)c1. The Morgan fingerprint density at radius 3 is 2.54 bits per heavy atom. The summed E-state index contributed by atoms with van der Waals surface area (Å²) in [5.74, 6) is -0.307. The Morgan fingerprint density at radius 2 is 1.88 bits per heavy atom. The van der Waals surface area contributed by atoms with Gasteiger partial charge in [-0.3, -0.25) is 19.7 Å². The molecule has 0 saturated heterocycles. The topological polar surface area (TPSA) is 98.5 Å². The lowest BCUT2D eigenvalue weighted by Crippen LogP contribution is -2.30. The van der Waals surface area contributed by atoms with Crippen LogP contribution in [0.2, 0.25) is 0 Å². The number of ether oxygens (including phenoxy) is 1. The Morgan fingerprint density at radius 1 is 1.17 bits per heavy atom. The normalized spacial score (nSPS) is 11.4. The standard InChI is InChI=1S/C17H16N2O5/c1-11(20)13-5-3-6-14(9-13)18-17(21)12(2)24-16-8-4-7-15(10-16)19(22)23/h3-10,12H,1-2H3,(H,18,21). The summed E-state index contributed by atoms with van der Waals surface area (Å²) < 4.78 is 5.43. The van der Waals surface area contributed by atoms with Gasteiger partial charge in [-0.15, -0.1) is 0 Å². The lowest BCUT2D eigenvalue weighted by molar-refractivity contribution is -0.384. The first-order chi connectivity index (χ1) is 11.4. The molecule has 7 nitrogen and oxygen atoms in total. The molecule has 0 aromatic heterocycles. The van der Waals surface area contributed by atoms with Crippen molar-refractivity contribution in [3.63, 3.8) is 0 Å². The van der Waals surface area contributed by atoms with Crippen molar-refractivity contribution in [3.05, 3.63) is 64.2 Å². The number of hydrogen-bond acceptors (Lipinski definition) is 5. The molecule has 2 aromatic carbocycles. The fourth-order valence-corrected chi connectivity index (χ4v) is 1.99. The molecule has 0 spiro atoms. The maximum absolute atomic E-state index is 12.2. The largest absolute Gasteiger partial charge is 0.481 e. The fourth-order valence-electron chi connectivity index (χ4n) is 1.99. The summed E-state index contributed by atoms with van der Waals surface area (Å²) in [7, 11) is 0. The van der Waals surface area contributed by atoms with Crippen molar-refractivity contribution in [2.75, 3.05) is 5.32 Å². The number of anilines is 1. The number of benzene rings is 2. The van der Waals surface area contributed by atoms with Crippen molar-refractivity contribution >= 4 is 23.1 Å². The van der Waals surface area contributed by atoms with E-state index in [1.54, 1.807) is 24.3 Å². The van der Waals surface area contributed by atoms with E-state index in [0.29, 0.717) is 11.3 Å². The summed E-state index contributed by atoms with van der Waals surface area (Å²) in [6.07, 6.45) is -0.868. The first-order valence-corrected chi connectivity index (χ1v) is 7.20. The zero-order valence-electron chi connectivity index (χ0n) is 13.2. The predicted molar refractivity (Wildman–Crippen MR) is 88.3 cm³/mol. The minimum atomic E-state index is -0.868. The molecule has 2 aromatic rings. The van der Waals surface area contributed by atoms with Crippen molar-refractivity contribution in [3.8, 4) is 5.75 Å². The number of Topliss-reactive ketones (excluding diaryl/α,β-unsaturated/α-hetero) is 1. The number of ketones is 1. The zero-order valence-corrected chi connectivity index (χ0v) is 13.2. The molecule has 1 N–H and O–H groups in total. The lowest BCUT2D eigenvalue weighted by Gasteiger charge is -2.15. The molecular formula is C17H16N2O5. The van der Waals surface area contributed by atoms with Crippen LogP contribution in [0.15, 0.2) is 48.5 Å². The van der Waals surface area contributed by atoms with Gasteiger partial charge in [0, 0.05) is 17.3 Å². The smallest absolute Gasteiger partial charge is 0.273 e. The Bertz CT molecular complexity index is 788. The van der Waals surface area contributed by atoms with E-state index >= 15 is 0 Å². The van der Waals surface area contributed by atoms with Gasteiger partial charge in [0.1, 0.15) is 5.75 Å². The molecule has 24 heavy (non-hydrogen) atoms. The van der Waals surface area contributed by atoms with Gasteiger partial charge >= 0.3 is 0 Å². The van der Waals surface area contributed by atoms with E-state index in [0.717, 1.165) is 0 Å². The highest BCUT2D eigenvalue weighted by molar-refractivity contribution is 5.98. The molecule has 0 saturated carbocycles. The first-order valence-electron chi connectivity index (χ1n) is 7.20. The van der Waals surface area contributed by atoms with E-state index in [-0.39, 0.29) is 17.2 Å². The second kappa shape index (κ2) is 7.36. The van der Waals surface area contributed by atoms with Gasteiger partial charge in [0.2, 0.25) is 0 Å². The predicted octanol–water partition coefficient (Wildman–Crippen LogP) is 3.20. The Kier molecular flexibility index (Phi) is 5.26. The molecule has 1 unspecified atom stereocenters. The molecule has 0 heterocycles. The highest BCUT2D eigenvalue weighted by Gasteiger charge is 2.16. The lowest BCUT2D eigenvalue weighted by atomic mass is 10.1. The van der Waals surface area contributed by atoms with E-state index < -0.39 is 16.9 Å². The summed E-state index contributed by atoms with van der Waals surface area (Å²) >= 11 is 0.